The molecule has 102 valence electrons. The van der Waals surface area contributed by atoms with Crippen LogP contribution in [0.5, 0.6) is 0 Å². The summed E-state index contributed by atoms with van der Waals surface area (Å²) in [6.07, 6.45) is 0. The number of benzene rings is 1. The normalized spacial score (nSPS) is 12.7. The van der Waals surface area contributed by atoms with Gasteiger partial charge in [0.05, 0.1) is 11.6 Å². The van der Waals surface area contributed by atoms with Crippen molar-refractivity contribution < 1.29 is 4.39 Å². The monoisotopic (exact) mass is 290 g/mol. The van der Waals surface area contributed by atoms with Crippen molar-refractivity contribution >= 4 is 21.6 Å². The Hall–Kier alpha value is -2.21. The number of aromatic nitrogens is 2. The molecule has 3 aromatic rings. The number of halogens is 1. The van der Waals surface area contributed by atoms with Crippen molar-refractivity contribution in [3.8, 4) is 0 Å². The van der Waals surface area contributed by atoms with Crippen molar-refractivity contribution in [2.75, 3.05) is 0 Å². The summed E-state index contributed by atoms with van der Waals surface area (Å²) in [4.78, 5) is 27.1. The molecule has 1 N–H and O–H groups in total. The van der Waals surface area contributed by atoms with E-state index >= 15 is 0 Å². The zero-order chi connectivity index (χ0) is 14.3. The Morgan fingerprint density at radius 3 is 2.60 bits per heavy atom. The van der Waals surface area contributed by atoms with Crippen molar-refractivity contribution in [1.29, 1.82) is 0 Å². The van der Waals surface area contributed by atoms with E-state index < -0.39 is 11.7 Å². The van der Waals surface area contributed by atoms with Crippen LogP contribution in [0.3, 0.4) is 0 Å². The van der Waals surface area contributed by atoms with Crippen molar-refractivity contribution in [2.45, 2.75) is 13.0 Å². The second-order valence-corrected chi connectivity index (χ2v) is 5.41. The maximum Gasteiger partial charge on any atom is 0.329 e. The summed E-state index contributed by atoms with van der Waals surface area (Å²) in [6, 6.07) is 7.02. The molecule has 0 fully saturated rings. The standard InChI is InChI=1S/C14H11FN2O2S/c1-8(9-2-4-10(15)5-3-9)17-13(18)12-11(6-7-20-12)16-14(17)19/h2-8H,1H3,(H,16,19). The second kappa shape index (κ2) is 4.72. The van der Waals surface area contributed by atoms with Gasteiger partial charge in [0.15, 0.2) is 0 Å². The fourth-order valence-corrected chi connectivity index (χ4v) is 2.98. The predicted octanol–water partition coefficient (Wildman–Crippen LogP) is 2.50. The maximum atomic E-state index is 12.9. The number of nitrogens with zero attached hydrogens (tertiary/aromatic N) is 1. The molecule has 0 aliphatic rings. The Kier molecular flexibility index (Phi) is 3.02. The molecule has 1 aromatic carbocycles. The molecule has 4 nitrogen and oxygen atoms in total. The number of rotatable bonds is 2. The van der Waals surface area contributed by atoms with Crippen LogP contribution in [0.2, 0.25) is 0 Å². The average molecular weight is 290 g/mol. The van der Waals surface area contributed by atoms with Gasteiger partial charge < -0.3 is 4.98 Å². The van der Waals surface area contributed by atoms with Gasteiger partial charge in [0.2, 0.25) is 0 Å². The van der Waals surface area contributed by atoms with E-state index in [1.54, 1.807) is 30.5 Å². The highest BCUT2D eigenvalue weighted by molar-refractivity contribution is 7.17. The first-order chi connectivity index (χ1) is 9.58. The van der Waals surface area contributed by atoms with Crippen LogP contribution in [-0.2, 0) is 0 Å². The van der Waals surface area contributed by atoms with Gasteiger partial charge in [0.1, 0.15) is 10.5 Å². The van der Waals surface area contributed by atoms with Gasteiger partial charge in [-0.2, -0.15) is 0 Å². The smallest absolute Gasteiger partial charge is 0.306 e. The van der Waals surface area contributed by atoms with E-state index in [-0.39, 0.29) is 11.4 Å². The van der Waals surface area contributed by atoms with Crippen LogP contribution in [0.25, 0.3) is 10.2 Å². The third-order valence-electron chi connectivity index (χ3n) is 3.28. The van der Waals surface area contributed by atoms with Crippen LogP contribution in [0.15, 0.2) is 45.3 Å². The van der Waals surface area contributed by atoms with Gasteiger partial charge in [0.25, 0.3) is 5.56 Å². The molecule has 3 rings (SSSR count). The Labute approximate surface area is 117 Å². The Morgan fingerprint density at radius 2 is 1.90 bits per heavy atom. The van der Waals surface area contributed by atoms with Gasteiger partial charge in [-0.25, -0.2) is 9.18 Å². The molecule has 0 aliphatic heterocycles. The third-order valence-corrected chi connectivity index (χ3v) is 4.18. The van der Waals surface area contributed by atoms with E-state index in [4.69, 9.17) is 0 Å². The first-order valence-electron chi connectivity index (χ1n) is 6.05. The molecule has 0 spiro atoms. The van der Waals surface area contributed by atoms with Crippen LogP contribution in [-0.4, -0.2) is 9.55 Å². The van der Waals surface area contributed by atoms with Gasteiger partial charge in [-0.05, 0) is 36.1 Å². The number of H-pyrrole nitrogens is 1. The quantitative estimate of drug-likeness (QED) is 0.788. The van der Waals surface area contributed by atoms with E-state index in [9.17, 15) is 14.0 Å². The van der Waals surface area contributed by atoms with Crippen LogP contribution in [0.1, 0.15) is 18.5 Å². The van der Waals surface area contributed by atoms with Gasteiger partial charge in [-0.3, -0.25) is 9.36 Å². The van der Waals surface area contributed by atoms with Crippen molar-refractivity contribution in [3.63, 3.8) is 0 Å². The summed E-state index contributed by atoms with van der Waals surface area (Å²) in [7, 11) is 0. The van der Waals surface area contributed by atoms with Crippen molar-refractivity contribution in [1.82, 2.24) is 9.55 Å². The van der Waals surface area contributed by atoms with Gasteiger partial charge in [-0.1, -0.05) is 12.1 Å². The lowest BCUT2D eigenvalue weighted by Gasteiger charge is -2.14. The SMILES string of the molecule is CC(c1ccc(F)cc1)n1c(=O)[nH]c2ccsc2c1=O. The molecule has 1 unspecified atom stereocenters. The van der Waals surface area contributed by atoms with Crippen molar-refractivity contribution in [3.05, 3.63) is 67.9 Å². The second-order valence-electron chi connectivity index (χ2n) is 4.50. The van der Waals surface area contributed by atoms with Gasteiger partial charge >= 0.3 is 5.69 Å². The molecule has 2 aromatic heterocycles. The summed E-state index contributed by atoms with van der Waals surface area (Å²) in [5.74, 6) is -0.351. The molecule has 20 heavy (non-hydrogen) atoms. The molecule has 0 aliphatic carbocycles. The fraction of sp³-hybridized carbons (Fsp3) is 0.143. The number of thiophene rings is 1. The lowest BCUT2D eigenvalue weighted by molar-refractivity contribution is 0.581. The minimum Gasteiger partial charge on any atom is -0.306 e. The topological polar surface area (TPSA) is 54.9 Å². The van der Waals surface area contributed by atoms with Crippen LogP contribution >= 0.6 is 11.3 Å². The van der Waals surface area contributed by atoms with E-state index in [2.05, 4.69) is 4.98 Å². The third kappa shape index (κ3) is 1.98. The molecule has 0 radical (unpaired) electrons. The molecule has 6 heteroatoms. The Bertz CT molecular complexity index is 877. The first-order valence-corrected chi connectivity index (χ1v) is 6.93. The van der Waals surface area contributed by atoms with E-state index in [0.29, 0.717) is 15.8 Å². The number of fused-ring (bicyclic) bond motifs is 1. The van der Waals surface area contributed by atoms with Gasteiger partial charge in [0, 0.05) is 0 Å². The fourth-order valence-electron chi connectivity index (χ4n) is 2.19. The van der Waals surface area contributed by atoms with Gasteiger partial charge in [-0.15, -0.1) is 11.3 Å². The molecule has 0 saturated heterocycles. The maximum absolute atomic E-state index is 12.9. The summed E-state index contributed by atoms with van der Waals surface area (Å²) < 4.78 is 14.6. The Balaban J connectivity index is 2.21. The lowest BCUT2D eigenvalue weighted by Crippen LogP contribution is -2.37. The zero-order valence-corrected chi connectivity index (χ0v) is 11.4. The minimum atomic E-state index is -0.460. The Morgan fingerprint density at radius 1 is 1.20 bits per heavy atom. The number of hydrogen-bond donors (Lipinski definition) is 1. The van der Waals surface area contributed by atoms with E-state index in [0.717, 1.165) is 4.57 Å². The lowest BCUT2D eigenvalue weighted by atomic mass is 10.1. The van der Waals surface area contributed by atoms with Crippen LogP contribution in [0.4, 0.5) is 4.39 Å². The molecule has 0 amide bonds. The highest BCUT2D eigenvalue weighted by atomic mass is 32.1. The number of nitrogens with one attached hydrogen (secondary N) is 1. The molecular weight excluding hydrogens is 279 g/mol. The minimum absolute atomic E-state index is 0.324. The number of aromatic amines is 1. The zero-order valence-electron chi connectivity index (χ0n) is 10.6. The van der Waals surface area contributed by atoms with E-state index in [1.165, 1.54) is 23.5 Å². The molecule has 2 heterocycles. The first kappa shape index (κ1) is 12.8. The highest BCUT2D eigenvalue weighted by Crippen LogP contribution is 2.17. The predicted molar refractivity (Wildman–Crippen MR) is 76.9 cm³/mol. The van der Waals surface area contributed by atoms with Crippen LogP contribution in [0, 0.1) is 5.82 Å². The van der Waals surface area contributed by atoms with E-state index in [1.807, 2.05) is 0 Å². The molecule has 0 saturated carbocycles. The number of hydrogen-bond acceptors (Lipinski definition) is 3. The van der Waals surface area contributed by atoms with Crippen LogP contribution < -0.4 is 11.2 Å². The summed E-state index contributed by atoms with van der Waals surface area (Å²) in [5.41, 5.74) is 0.468. The average Bonchev–Trinajstić information content (AvgIpc) is 2.87. The molecule has 1 atom stereocenters. The summed E-state index contributed by atoms with van der Waals surface area (Å²) >= 11 is 1.29. The van der Waals surface area contributed by atoms with Crippen molar-refractivity contribution in [2.24, 2.45) is 0 Å². The summed E-state index contributed by atoms with van der Waals surface area (Å²) in [6.45, 7) is 1.74. The largest absolute Gasteiger partial charge is 0.329 e. The highest BCUT2D eigenvalue weighted by Gasteiger charge is 2.15. The molecule has 0 bridgehead atoms. The molecular formula is C14H11FN2O2S. The summed E-state index contributed by atoms with van der Waals surface area (Å²) in [5, 5.41) is 1.76.